The fraction of sp³-hybridized carbons (Fsp3) is 0.158. The van der Waals surface area contributed by atoms with Gasteiger partial charge in [0.05, 0.1) is 28.4 Å². The minimum absolute atomic E-state index is 0.105. The van der Waals surface area contributed by atoms with Crippen molar-refractivity contribution in [2.45, 2.75) is 13.0 Å². The SMILES string of the molecule is O=C(Nc1nc2c(s1)CN(C(=O)c1cc(-c3cccs3)[nH]n1)CC2)c1ccsc1. The molecule has 1 aliphatic heterocycles. The summed E-state index contributed by atoms with van der Waals surface area (Å²) in [6, 6.07) is 7.53. The number of aromatic amines is 1. The zero-order chi connectivity index (χ0) is 19.8. The van der Waals surface area contributed by atoms with E-state index in [1.54, 1.807) is 33.7 Å². The maximum atomic E-state index is 12.9. The first kappa shape index (κ1) is 18.2. The molecule has 2 amide bonds. The molecule has 0 radical (unpaired) electrons. The molecule has 0 fully saturated rings. The lowest BCUT2D eigenvalue weighted by Gasteiger charge is -2.25. The molecule has 0 aromatic carbocycles. The highest BCUT2D eigenvalue weighted by Crippen LogP contribution is 2.30. The summed E-state index contributed by atoms with van der Waals surface area (Å²) in [7, 11) is 0. The maximum absolute atomic E-state index is 12.9. The molecule has 1 aliphatic rings. The van der Waals surface area contributed by atoms with Crippen LogP contribution in [-0.4, -0.2) is 38.4 Å². The molecule has 29 heavy (non-hydrogen) atoms. The number of aromatic nitrogens is 3. The molecule has 2 N–H and O–H groups in total. The number of thiazole rings is 1. The summed E-state index contributed by atoms with van der Waals surface area (Å²) in [6.45, 7) is 1.05. The monoisotopic (exact) mass is 441 g/mol. The van der Waals surface area contributed by atoms with Gasteiger partial charge in [-0.1, -0.05) is 17.4 Å². The highest BCUT2D eigenvalue weighted by Gasteiger charge is 2.27. The van der Waals surface area contributed by atoms with Gasteiger partial charge >= 0.3 is 0 Å². The molecule has 0 aliphatic carbocycles. The third-order valence-corrected chi connectivity index (χ3v) is 7.19. The van der Waals surface area contributed by atoms with E-state index in [9.17, 15) is 9.59 Å². The standard InChI is InChI=1S/C19H15N5O2S3/c25-17(11-4-7-27-10-11)21-19-20-12-3-5-24(9-16(12)29-19)18(26)14-8-13(22-23-14)15-2-1-6-28-15/h1-2,4,6-8,10H,3,5,9H2,(H,22,23)(H,20,21,25). The largest absolute Gasteiger partial charge is 0.332 e. The van der Waals surface area contributed by atoms with E-state index in [1.165, 1.54) is 22.7 Å². The summed E-state index contributed by atoms with van der Waals surface area (Å²) in [5.41, 5.74) is 2.82. The third kappa shape index (κ3) is 3.61. The molecule has 5 heterocycles. The van der Waals surface area contributed by atoms with Gasteiger partial charge in [0.2, 0.25) is 0 Å². The summed E-state index contributed by atoms with van der Waals surface area (Å²) in [6.07, 6.45) is 0.661. The van der Waals surface area contributed by atoms with Crippen LogP contribution in [0.4, 0.5) is 5.13 Å². The number of hydrogen-bond donors (Lipinski definition) is 2. The van der Waals surface area contributed by atoms with E-state index in [0.717, 1.165) is 21.1 Å². The predicted octanol–water partition coefficient (Wildman–Crippen LogP) is 4.11. The number of thiophene rings is 2. The summed E-state index contributed by atoms with van der Waals surface area (Å²) in [4.78, 5) is 33.5. The fourth-order valence-electron chi connectivity index (χ4n) is 3.14. The van der Waals surface area contributed by atoms with Gasteiger partial charge in [-0.25, -0.2) is 4.98 Å². The second-order valence-corrected chi connectivity index (χ2v) is 9.29. The van der Waals surface area contributed by atoms with Crippen molar-refractivity contribution in [1.29, 1.82) is 0 Å². The average Bonchev–Trinajstić information content (AvgIpc) is 3.53. The minimum atomic E-state index is -0.164. The second kappa shape index (κ2) is 7.54. The van der Waals surface area contributed by atoms with Crippen LogP contribution in [0.1, 0.15) is 31.4 Å². The number of nitrogens with one attached hydrogen (secondary N) is 2. The molecule has 10 heteroatoms. The van der Waals surface area contributed by atoms with Gasteiger partial charge in [0, 0.05) is 23.2 Å². The molecule has 0 saturated heterocycles. The van der Waals surface area contributed by atoms with Crippen LogP contribution < -0.4 is 5.32 Å². The number of rotatable bonds is 4. The Kier molecular flexibility index (Phi) is 4.74. The van der Waals surface area contributed by atoms with Crippen LogP contribution in [0.2, 0.25) is 0 Å². The normalized spacial score (nSPS) is 13.3. The number of carbonyl (C=O) groups excluding carboxylic acids is 2. The molecule has 0 bridgehead atoms. The van der Waals surface area contributed by atoms with Crippen molar-refractivity contribution < 1.29 is 9.59 Å². The average molecular weight is 442 g/mol. The third-order valence-electron chi connectivity index (χ3n) is 4.61. The van der Waals surface area contributed by atoms with Gasteiger partial charge in [0.15, 0.2) is 10.8 Å². The Balaban J connectivity index is 1.29. The first-order valence-electron chi connectivity index (χ1n) is 8.88. The molecule has 0 spiro atoms. The van der Waals surface area contributed by atoms with E-state index < -0.39 is 0 Å². The number of carbonyl (C=O) groups is 2. The molecular formula is C19H15N5O2S3. The van der Waals surface area contributed by atoms with E-state index in [-0.39, 0.29) is 11.8 Å². The van der Waals surface area contributed by atoms with Crippen LogP contribution in [-0.2, 0) is 13.0 Å². The number of anilines is 1. The van der Waals surface area contributed by atoms with Crippen molar-refractivity contribution in [2.75, 3.05) is 11.9 Å². The smallest absolute Gasteiger partial charge is 0.274 e. The maximum Gasteiger partial charge on any atom is 0.274 e. The van der Waals surface area contributed by atoms with Crippen LogP contribution in [0.5, 0.6) is 0 Å². The van der Waals surface area contributed by atoms with Crippen LogP contribution in [0.15, 0.2) is 40.4 Å². The Hall–Kier alpha value is -2.82. The van der Waals surface area contributed by atoms with E-state index >= 15 is 0 Å². The van der Waals surface area contributed by atoms with E-state index in [4.69, 9.17) is 0 Å². The number of amides is 2. The molecule has 7 nitrogen and oxygen atoms in total. The van der Waals surface area contributed by atoms with Crippen molar-refractivity contribution in [3.63, 3.8) is 0 Å². The van der Waals surface area contributed by atoms with E-state index in [2.05, 4.69) is 20.5 Å². The van der Waals surface area contributed by atoms with Crippen LogP contribution in [0.25, 0.3) is 10.6 Å². The fourth-order valence-corrected chi connectivity index (χ4v) is 5.48. The highest BCUT2D eigenvalue weighted by atomic mass is 32.1. The van der Waals surface area contributed by atoms with E-state index in [1.807, 2.05) is 22.9 Å². The molecule has 146 valence electrons. The van der Waals surface area contributed by atoms with Crippen molar-refractivity contribution in [3.05, 3.63) is 62.2 Å². The Bertz CT molecular complexity index is 1160. The summed E-state index contributed by atoms with van der Waals surface area (Å²) in [5.74, 6) is -0.269. The van der Waals surface area contributed by atoms with Crippen molar-refractivity contribution in [3.8, 4) is 10.6 Å². The topological polar surface area (TPSA) is 91.0 Å². The molecule has 0 saturated carbocycles. The quantitative estimate of drug-likeness (QED) is 0.499. The molecule has 0 unspecified atom stereocenters. The Morgan fingerprint density at radius 1 is 1.24 bits per heavy atom. The number of fused-ring (bicyclic) bond motifs is 1. The molecule has 5 rings (SSSR count). The lowest BCUT2D eigenvalue weighted by Crippen LogP contribution is -2.35. The zero-order valence-electron chi connectivity index (χ0n) is 15.0. The van der Waals surface area contributed by atoms with Gasteiger partial charge in [0.1, 0.15) is 0 Å². The zero-order valence-corrected chi connectivity index (χ0v) is 17.5. The second-order valence-electron chi connectivity index (χ2n) is 6.48. The minimum Gasteiger partial charge on any atom is -0.332 e. The van der Waals surface area contributed by atoms with Crippen LogP contribution in [0, 0.1) is 0 Å². The molecule has 4 aromatic rings. The number of H-pyrrole nitrogens is 1. The molecule has 4 aromatic heterocycles. The summed E-state index contributed by atoms with van der Waals surface area (Å²) in [5, 5.41) is 16.2. The first-order chi connectivity index (χ1) is 14.2. The Morgan fingerprint density at radius 2 is 2.17 bits per heavy atom. The summed E-state index contributed by atoms with van der Waals surface area (Å²) >= 11 is 4.50. The van der Waals surface area contributed by atoms with Gasteiger partial charge in [-0.05, 0) is 29.0 Å². The van der Waals surface area contributed by atoms with E-state index in [0.29, 0.717) is 35.9 Å². The van der Waals surface area contributed by atoms with Gasteiger partial charge in [-0.2, -0.15) is 16.4 Å². The molecule has 0 atom stereocenters. The molecular weight excluding hydrogens is 426 g/mol. The highest BCUT2D eigenvalue weighted by molar-refractivity contribution is 7.16. The summed E-state index contributed by atoms with van der Waals surface area (Å²) < 4.78 is 0. The predicted molar refractivity (Wildman–Crippen MR) is 115 cm³/mol. The Morgan fingerprint density at radius 3 is 2.97 bits per heavy atom. The van der Waals surface area contributed by atoms with Crippen LogP contribution in [0.3, 0.4) is 0 Å². The van der Waals surface area contributed by atoms with Gasteiger partial charge in [-0.3, -0.25) is 20.0 Å². The first-order valence-corrected chi connectivity index (χ1v) is 11.5. The lowest BCUT2D eigenvalue weighted by molar-refractivity contribution is 0.0730. The van der Waals surface area contributed by atoms with Crippen molar-refractivity contribution >= 4 is 51.0 Å². The van der Waals surface area contributed by atoms with Crippen molar-refractivity contribution in [1.82, 2.24) is 20.1 Å². The van der Waals surface area contributed by atoms with Gasteiger partial charge in [-0.15, -0.1) is 11.3 Å². The number of nitrogens with zero attached hydrogens (tertiary/aromatic N) is 3. The van der Waals surface area contributed by atoms with Gasteiger partial charge in [0.25, 0.3) is 11.8 Å². The lowest BCUT2D eigenvalue weighted by atomic mass is 10.1. The van der Waals surface area contributed by atoms with Crippen molar-refractivity contribution in [2.24, 2.45) is 0 Å². The number of hydrogen-bond acceptors (Lipinski definition) is 7. The van der Waals surface area contributed by atoms with Gasteiger partial charge < -0.3 is 4.90 Å². The van der Waals surface area contributed by atoms with Crippen LogP contribution >= 0.6 is 34.0 Å². The Labute approximate surface area is 178 Å².